The Balaban J connectivity index is 1.97. The SMILES string of the molecule is CC(C)C(=O)NCCc1nnc(S(=O)(=O)Cc2ccccc2)o1. The van der Waals surface area contributed by atoms with Crippen LogP contribution in [0.4, 0.5) is 0 Å². The molecule has 0 bridgehead atoms. The van der Waals surface area contributed by atoms with Crippen LogP contribution >= 0.6 is 0 Å². The summed E-state index contributed by atoms with van der Waals surface area (Å²) in [6.45, 7) is 3.89. The number of rotatable bonds is 7. The maximum absolute atomic E-state index is 12.2. The van der Waals surface area contributed by atoms with Crippen molar-refractivity contribution in [3.8, 4) is 0 Å². The van der Waals surface area contributed by atoms with Crippen LogP contribution in [0.25, 0.3) is 0 Å². The normalized spacial score (nSPS) is 11.6. The van der Waals surface area contributed by atoms with E-state index in [1.54, 1.807) is 38.1 Å². The predicted molar refractivity (Wildman–Crippen MR) is 83.2 cm³/mol. The molecule has 0 aliphatic heterocycles. The number of carbonyl (C=O) groups is 1. The second kappa shape index (κ2) is 7.36. The van der Waals surface area contributed by atoms with Gasteiger partial charge in [0.15, 0.2) is 0 Å². The van der Waals surface area contributed by atoms with Gasteiger partial charge in [0.25, 0.3) is 0 Å². The van der Waals surface area contributed by atoms with Gasteiger partial charge in [0.2, 0.25) is 21.6 Å². The summed E-state index contributed by atoms with van der Waals surface area (Å²) in [7, 11) is -3.67. The van der Waals surface area contributed by atoms with E-state index in [1.165, 1.54) is 0 Å². The molecule has 0 spiro atoms. The number of aromatic nitrogens is 2. The Morgan fingerprint density at radius 2 is 1.91 bits per heavy atom. The van der Waals surface area contributed by atoms with Gasteiger partial charge < -0.3 is 9.73 Å². The Bertz CT molecular complexity index is 754. The fourth-order valence-electron chi connectivity index (χ4n) is 1.82. The molecule has 1 aromatic heterocycles. The Morgan fingerprint density at radius 1 is 1.22 bits per heavy atom. The molecule has 8 heteroatoms. The van der Waals surface area contributed by atoms with Crippen molar-refractivity contribution in [1.29, 1.82) is 0 Å². The van der Waals surface area contributed by atoms with Crippen LogP contribution in [-0.4, -0.2) is 31.1 Å². The summed E-state index contributed by atoms with van der Waals surface area (Å²) in [5.74, 6) is -0.207. The Morgan fingerprint density at radius 3 is 2.57 bits per heavy atom. The van der Waals surface area contributed by atoms with Crippen molar-refractivity contribution in [1.82, 2.24) is 15.5 Å². The minimum Gasteiger partial charge on any atom is -0.412 e. The van der Waals surface area contributed by atoms with Crippen LogP contribution in [0.5, 0.6) is 0 Å². The molecule has 0 aliphatic carbocycles. The van der Waals surface area contributed by atoms with E-state index in [9.17, 15) is 13.2 Å². The molecular formula is C15H19N3O4S. The van der Waals surface area contributed by atoms with Gasteiger partial charge in [-0.15, -0.1) is 5.10 Å². The van der Waals surface area contributed by atoms with Gasteiger partial charge in [-0.2, -0.15) is 0 Å². The van der Waals surface area contributed by atoms with Gasteiger partial charge in [0.05, 0.1) is 5.75 Å². The zero-order valence-electron chi connectivity index (χ0n) is 13.0. The van der Waals surface area contributed by atoms with E-state index in [0.717, 1.165) is 0 Å². The van der Waals surface area contributed by atoms with Gasteiger partial charge in [-0.3, -0.25) is 4.79 Å². The highest BCUT2D eigenvalue weighted by atomic mass is 32.2. The average Bonchev–Trinajstić information content (AvgIpc) is 2.97. The molecule has 0 fully saturated rings. The van der Waals surface area contributed by atoms with Crippen LogP contribution in [0.3, 0.4) is 0 Å². The second-order valence-electron chi connectivity index (χ2n) is 5.40. The third kappa shape index (κ3) is 4.88. The zero-order valence-corrected chi connectivity index (χ0v) is 13.8. The topological polar surface area (TPSA) is 102 Å². The van der Waals surface area contributed by atoms with Crippen molar-refractivity contribution in [2.75, 3.05) is 6.54 Å². The van der Waals surface area contributed by atoms with E-state index in [0.29, 0.717) is 12.1 Å². The van der Waals surface area contributed by atoms with Crippen LogP contribution in [-0.2, 0) is 26.8 Å². The first-order valence-corrected chi connectivity index (χ1v) is 8.90. The lowest BCUT2D eigenvalue weighted by Gasteiger charge is -2.05. The molecule has 2 rings (SSSR count). The smallest absolute Gasteiger partial charge is 0.335 e. The van der Waals surface area contributed by atoms with E-state index in [4.69, 9.17) is 4.42 Å². The number of sulfone groups is 1. The maximum Gasteiger partial charge on any atom is 0.335 e. The summed E-state index contributed by atoms with van der Waals surface area (Å²) in [6.07, 6.45) is 0.284. The first kappa shape index (κ1) is 17.1. The van der Waals surface area contributed by atoms with Crippen LogP contribution in [0, 0.1) is 5.92 Å². The highest BCUT2D eigenvalue weighted by molar-refractivity contribution is 7.90. The Labute approximate surface area is 135 Å². The quantitative estimate of drug-likeness (QED) is 0.818. The lowest BCUT2D eigenvalue weighted by molar-refractivity contribution is -0.123. The molecule has 1 N–H and O–H groups in total. The number of hydrogen-bond donors (Lipinski definition) is 1. The molecule has 7 nitrogen and oxygen atoms in total. The predicted octanol–water partition coefficient (Wildman–Crippen LogP) is 1.36. The molecule has 0 atom stereocenters. The third-order valence-corrected chi connectivity index (χ3v) is 4.49. The van der Waals surface area contributed by atoms with Crippen LogP contribution in [0.2, 0.25) is 0 Å². The van der Waals surface area contributed by atoms with Gasteiger partial charge >= 0.3 is 5.22 Å². The van der Waals surface area contributed by atoms with E-state index >= 15 is 0 Å². The van der Waals surface area contributed by atoms with Crippen LogP contribution in [0.15, 0.2) is 40.0 Å². The van der Waals surface area contributed by atoms with Crippen molar-refractivity contribution >= 4 is 15.7 Å². The molecule has 1 aromatic carbocycles. The minimum atomic E-state index is -3.67. The largest absolute Gasteiger partial charge is 0.412 e. The van der Waals surface area contributed by atoms with E-state index in [1.807, 2.05) is 6.07 Å². The summed E-state index contributed by atoms with van der Waals surface area (Å²) in [4.78, 5) is 11.4. The summed E-state index contributed by atoms with van der Waals surface area (Å²) in [6, 6.07) is 8.78. The molecule has 23 heavy (non-hydrogen) atoms. The van der Waals surface area contributed by atoms with Crippen molar-refractivity contribution in [3.05, 3.63) is 41.8 Å². The molecular weight excluding hydrogens is 318 g/mol. The molecule has 0 radical (unpaired) electrons. The van der Waals surface area contributed by atoms with Crippen molar-refractivity contribution < 1.29 is 17.6 Å². The third-order valence-electron chi connectivity index (χ3n) is 3.08. The van der Waals surface area contributed by atoms with Crippen LogP contribution in [0.1, 0.15) is 25.3 Å². The van der Waals surface area contributed by atoms with E-state index < -0.39 is 15.1 Å². The number of carbonyl (C=O) groups excluding carboxylic acids is 1. The molecule has 1 heterocycles. The molecule has 124 valence electrons. The molecule has 2 aromatic rings. The van der Waals surface area contributed by atoms with Crippen molar-refractivity contribution in [2.45, 2.75) is 31.2 Å². The summed E-state index contributed by atoms with van der Waals surface area (Å²) in [5.41, 5.74) is 0.649. The number of amides is 1. The first-order valence-electron chi connectivity index (χ1n) is 7.25. The van der Waals surface area contributed by atoms with E-state index in [-0.39, 0.29) is 29.9 Å². The molecule has 0 unspecified atom stereocenters. The van der Waals surface area contributed by atoms with Gasteiger partial charge in [-0.05, 0) is 5.56 Å². The summed E-state index contributed by atoms with van der Waals surface area (Å²) >= 11 is 0. The molecule has 0 aliphatic rings. The fourth-order valence-corrected chi connectivity index (χ4v) is 2.96. The highest BCUT2D eigenvalue weighted by Crippen LogP contribution is 2.15. The van der Waals surface area contributed by atoms with Gasteiger partial charge in [0.1, 0.15) is 0 Å². The number of nitrogens with zero attached hydrogens (tertiary/aromatic N) is 2. The maximum atomic E-state index is 12.2. The number of benzene rings is 1. The number of nitrogens with one attached hydrogen (secondary N) is 1. The van der Waals surface area contributed by atoms with Crippen molar-refractivity contribution in [3.63, 3.8) is 0 Å². The second-order valence-corrected chi connectivity index (χ2v) is 7.27. The number of hydrogen-bond acceptors (Lipinski definition) is 6. The monoisotopic (exact) mass is 337 g/mol. The first-order chi connectivity index (χ1) is 10.9. The molecule has 0 saturated carbocycles. The molecule has 0 saturated heterocycles. The van der Waals surface area contributed by atoms with Gasteiger partial charge in [0, 0.05) is 18.9 Å². The van der Waals surface area contributed by atoms with E-state index in [2.05, 4.69) is 15.5 Å². The lowest BCUT2D eigenvalue weighted by atomic mass is 10.2. The van der Waals surface area contributed by atoms with Gasteiger partial charge in [-0.25, -0.2) is 8.42 Å². The lowest BCUT2D eigenvalue weighted by Crippen LogP contribution is -2.29. The summed E-state index contributed by atoms with van der Waals surface area (Å²) in [5, 5.41) is 9.62. The fraction of sp³-hybridized carbons (Fsp3) is 0.400. The Kier molecular flexibility index (Phi) is 5.49. The van der Waals surface area contributed by atoms with Gasteiger partial charge in [-0.1, -0.05) is 49.3 Å². The highest BCUT2D eigenvalue weighted by Gasteiger charge is 2.23. The van der Waals surface area contributed by atoms with Crippen molar-refractivity contribution in [2.24, 2.45) is 5.92 Å². The average molecular weight is 337 g/mol. The summed E-state index contributed by atoms with van der Waals surface area (Å²) < 4.78 is 29.6. The molecule has 1 amide bonds. The Hall–Kier alpha value is -2.22. The van der Waals surface area contributed by atoms with Crippen LogP contribution < -0.4 is 5.32 Å². The zero-order chi connectivity index (χ0) is 16.9. The standard InChI is InChI=1S/C15H19N3O4S/c1-11(2)14(19)16-9-8-13-17-18-15(22-13)23(20,21)10-12-6-4-3-5-7-12/h3-7,11H,8-10H2,1-2H3,(H,16,19). The minimum absolute atomic E-state index is 0.0820.